The van der Waals surface area contributed by atoms with Crippen molar-refractivity contribution >= 4 is 169 Å². The summed E-state index contributed by atoms with van der Waals surface area (Å²) in [5, 5.41) is 43.5. The van der Waals surface area contributed by atoms with Gasteiger partial charge >= 0.3 is 0 Å². The smallest absolute Gasteiger partial charge is 0.286 e. The molecule has 6 aromatic heterocycles. The number of carbonyl (C=O) groups excluding carboxylic acids is 3. The lowest BCUT2D eigenvalue weighted by molar-refractivity contribution is 0.0463. The summed E-state index contributed by atoms with van der Waals surface area (Å²) in [5.74, 6) is -0.622. The van der Waals surface area contributed by atoms with E-state index in [2.05, 4.69) is 63.6 Å². The average molecular weight is 1610 g/mol. The maximum Gasteiger partial charge on any atom is 0.286 e. The Hall–Kier alpha value is -4.92. The fraction of sp³-hybridized carbons (Fsp3) is 0.262. The first kappa shape index (κ1) is 69.9. The molecule has 4 N–H and O–H groups in total. The Kier molecular flexibility index (Phi) is 23.8. The van der Waals surface area contributed by atoms with Crippen LogP contribution >= 0.6 is 151 Å². The van der Waals surface area contributed by atoms with E-state index in [1.54, 1.807) is 101 Å². The monoisotopic (exact) mass is 1600 g/mol. The lowest BCUT2D eigenvalue weighted by atomic mass is 10.0. The zero-order chi connectivity index (χ0) is 65.7. The summed E-state index contributed by atoms with van der Waals surface area (Å²) in [7, 11) is 0. The van der Waals surface area contributed by atoms with Crippen molar-refractivity contribution < 1.29 is 24.6 Å². The molecule has 10 aromatic rings. The minimum atomic E-state index is -0.343. The van der Waals surface area contributed by atoms with Crippen molar-refractivity contribution in [2.24, 2.45) is 0 Å². The number of nitrogens with one attached hydrogen (secondary N) is 2. The van der Waals surface area contributed by atoms with Crippen molar-refractivity contribution in [3.05, 3.63) is 202 Å². The summed E-state index contributed by atoms with van der Waals surface area (Å²) >= 11 is 53.0. The first-order valence-electron chi connectivity index (χ1n) is 29.1. The number of hydrogen-bond donors (Lipinski definition) is 4. The number of hydrazine groups is 1. The molecule has 92 heavy (non-hydrogen) atoms. The van der Waals surface area contributed by atoms with Crippen LogP contribution in [0.4, 0.5) is 0 Å². The van der Waals surface area contributed by atoms with Gasteiger partial charge in [0, 0.05) is 67.8 Å². The third kappa shape index (κ3) is 16.1. The van der Waals surface area contributed by atoms with Crippen molar-refractivity contribution in [2.75, 3.05) is 26.2 Å². The minimum Gasteiger partial charge on any atom is -0.393 e. The van der Waals surface area contributed by atoms with Crippen LogP contribution in [-0.2, 0) is 12.8 Å². The second-order valence-electron chi connectivity index (χ2n) is 21.5. The van der Waals surface area contributed by atoms with Crippen molar-refractivity contribution in [2.45, 2.75) is 84.5 Å². The molecule has 480 valence electrons. The molecule has 0 spiro atoms. The molecule has 12 rings (SSSR count). The van der Waals surface area contributed by atoms with E-state index in [0.717, 1.165) is 66.0 Å². The maximum absolute atomic E-state index is 13.4. The number of thiophene rings is 3. The van der Waals surface area contributed by atoms with Gasteiger partial charge in [-0.3, -0.25) is 19.8 Å². The van der Waals surface area contributed by atoms with Crippen LogP contribution < -0.4 is 10.7 Å². The molecule has 2 aliphatic rings. The van der Waals surface area contributed by atoms with E-state index in [0.29, 0.717) is 129 Å². The molecule has 0 bridgehead atoms. The molecule has 8 heterocycles. The lowest BCUT2D eigenvalue weighted by Gasteiger charge is -2.29. The van der Waals surface area contributed by atoms with E-state index in [1.165, 1.54) is 0 Å². The van der Waals surface area contributed by atoms with Crippen LogP contribution in [0.25, 0.3) is 48.8 Å². The molecule has 2 aliphatic heterocycles. The molecule has 0 unspecified atom stereocenters. The number of hydrogen-bond acceptors (Lipinski definition) is 12. The zero-order valence-electron chi connectivity index (χ0n) is 49.7. The third-order valence-electron chi connectivity index (χ3n) is 15.4. The average Bonchev–Trinajstić information content (AvgIpc) is 1.63. The highest BCUT2D eigenvalue weighted by atomic mass is 79.9. The van der Waals surface area contributed by atoms with Crippen LogP contribution in [0.15, 0.2) is 133 Å². The Morgan fingerprint density at radius 1 is 0.576 bits per heavy atom. The number of likely N-dealkylation sites (tertiary alicyclic amines) is 1. The molecule has 3 amide bonds. The quantitative estimate of drug-likeness (QED) is 0.0826. The summed E-state index contributed by atoms with van der Waals surface area (Å²) in [6.07, 6.45) is 3.04. The van der Waals surface area contributed by atoms with E-state index in [1.807, 2.05) is 105 Å². The molecule has 0 saturated carbocycles. The molecule has 0 radical (unpaired) electrons. The number of amides is 3. The normalized spacial score (nSPS) is 14.1. The van der Waals surface area contributed by atoms with Gasteiger partial charge in [0.05, 0.1) is 89.7 Å². The summed E-state index contributed by atoms with van der Waals surface area (Å²) in [6.45, 7) is 10.1. The number of aliphatic hydroxyl groups excluding tert-OH is 2. The fourth-order valence-corrected chi connectivity index (χ4v) is 16.6. The van der Waals surface area contributed by atoms with Crippen molar-refractivity contribution in [3.63, 3.8) is 0 Å². The molecule has 1 atom stereocenters. The molecule has 0 aliphatic carbocycles. The summed E-state index contributed by atoms with van der Waals surface area (Å²) in [6, 6.07) is 35.3. The second kappa shape index (κ2) is 31.3. The predicted molar refractivity (Wildman–Crippen MR) is 385 cm³/mol. The molecule has 15 nitrogen and oxygen atoms in total. The number of aromatic nitrogens is 6. The van der Waals surface area contributed by atoms with Gasteiger partial charge in [0.1, 0.15) is 0 Å². The number of rotatable bonds is 14. The molecule has 2 saturated heterocycles. The number of piperidine rings is 2. The van der Waals surface area contributed by atoms with Gasteiger partial charge in [-0.25, -0.2) is 19.1 Å². The van der Waals surface area contributed by atoms with Gasteiger partial charge < -0.3 is 20.4 Å². The Balaban J connectivity index is 0.000000151. The highest BCUT2D eigenvalue weighted by Crippen LogP contribution is 2.42. The standard InChI is InChI=1S/C23H18BrCl2N3OS.C21H21BrCl2N4O2S.C21H20BrCl2N3O2S/c1-13-21(23(30)27-14(2)15-6-4-3-5-7-15)28-29(19-9-8-17(25)11-18(19)26)22(13)20-10-16(24)12-31-20;1-2-14-19(21(30)26-27-9-7-13(29)8-10-27)25-28(16-4-3-12(23)11-15(16)24)20(14)17-5-6-18(22)31-17;1-2-14-19(21(29)26-9-7-13(28)8-10-26)25-27(16-4-3-12(23)11-15(16)24)20(14)17-5-6-18(22)30-17/h3-12,14H,1-2H3,(H,27,30);3-6,11,13,29H,2,7-10H2,1H3,(H,26,30);3-6,11,13,28H,2,7-10H2,1H3/t14-;;/m1../s1. The van der Waals surface area contributed by atoms with Gasteiger partial charge in [-0.05, 0) is 191 Å². The number of benzene rings is 4. The Labute approximate surface area is 599 Å². The number of carbonyl (C=O) groups is 3. The molecule has 27 heteroatoms. The molecular weight excluding hydrogens is 1550 g/mol. The van der Waals surface area contributed by atoms with Crippen LogP contribution in [0, 0.1) is 6.92 Å². The van der Waals surface area contributed by atoms with Gasteiger partial charge in [0.15, 0.2) is 17.1 Å². The van der Waals surface area contributed by atoms with E-state index in [9.17, 15) is 24.6 Å². The van der Waals surface area contributed by atoms with Crippen LogP contribution in [0.3, 0.4) is 0 Å². The number of nitrogens with zero attached hydrogens (tertiary/aromatic N) is 8. The Morgan fingerprint density at radius 2 is 1.03 bits per heavy atom. The second-order valence-corrected chi connectivity index (χ2v) is 30.8. The van der Waals surface area contributed by atoms with Crippen molar-refractivity contribution in [3.8, 4) is 48.8 Å². The Morgan fingerprint density at radius 3 is 1.48 bits per heavy atom. The third-order valence-corrected chi connectivity index (χ3v) is 22.0. The fourth-order valence-electron chi connectivity index (χ4n) is 10.7. The van der Waals surface area contributed by atoms with E-state index in [-0.39, 0.29) is 36.0 Å². The molecular formula is C65H59Br3Cl6N10O5S3. The molecule has 2 fully saturated rings. The minimum absolute atomic E-state index is 0.112. The highest BCUT2D eigenvalue weighted by Gasteiger charge is 2.32. The largest absolute Gasteiger partial charge is 0.393 e. The van der Waals surface area contributed by atoms with Crippen LogP contribution in [-0.4, -0.2) is 106 Å². The van der Waals surface area contributed by atoms with Crippen molar-refractivity contribution in [1.29, 1.82) is 0 Å². The predicted octanol–water partition coefficient (Wildman–Crippen LogP) is 18.6. The number of aliphatic hydroxyl groups is 2. The van der Waals surface area contributed by atoms with Gasteiger partial charge in [-0.1, -0.05) is 114 Å². The number of halogens is 9. The van der Waals surface area contributed by atoms with Crippen LogP contribution in [0.2, 0.25) is 30.1 Å². The first-order valence-corrected chi connectivity index (χ1v) is 36.3. The summed E-state index contributed by atoms with van der Waals surface area (Å²) in [4.78, 5) is 44.4. The van der Waals surface area contributed by atoms with E-state index < -0.39 is 0 Å². The SMILES string of the molecule is CCc1c(C(=O)N2CCC(O)CC2)nn(-c2ccc(Cl)cc2Cl)c1-c1ccc(Br)s1.CCc1c(C(=O)NN2CCC(O)CC2)nn(-c2ccc(Cl)cc2Cl)c1-c1ccc(Br)s1.Cc1c(C(=O)N[C@H](C)c2ccccc2)nn(-c2ccc(Cl)cc2Cl)c1-c1cc(Br)cs1. The van der Waals surface area contributed by atoms with Crippen molar-refractivity contribution in [1.82, 2.24) is 50.0 Å². The van der Waals surface area contributed by atoms with Gasteiger partial charge in [-0.15, -0.1) is 34.0 Å². The molecule has 4 aromatic carbocycles. The van der Waals surface area contributed by atoms with Gasteiger partial charge in [0.25, 0.3) is 17.7 Å². The topological polar surface area (TPSA) is 176 Å². The summed E-state index contributed by atoms with van der Waals surface area (Å²) < 4.78 is 8.14. The maximum atomic E-state index is 13.4. The highest BCUT2D eigenvalue weighted by molar-refractivity contribution is 9.11. The van der Waals surface area contributed by atoms with E-state index >= 15 is 0 Å². The van der Waals surface area contributed by atoms with Crippen LogP contribution in [0.1, 0.15) is 106 Å². The first-order chi connectivity index (χ1) is 44.1. The van der Waals surface area contributed by atoms with E-state index in [4.69, 9.17) is 79.8 Å². The van der Waals surface area contributed by atoms with Gasteiger partial charge in [-0.2, -0.15) is 15.3 Å². The lowest BCUT2D eigenvalue weighted by Crippen LogP contribution is -2.47. The zero-order valence-corrected chi connectivity index (χ0v) is 61.4. The Bertz CT molecular complexity index is 4310. The van der Waals surface area contributed by atoms with Crippen LogP contribution in [0.5, 0.6) is 0 Å². The van der Waals surface area contributed by atoms with Gasteiger partial charge in [0.2, 0.25) is 0 Å². The summed E-state index contributed by atoms with van der Waals surface area (Å²) in [5.41, 5.74) is 12.1.